The number of rotatable bonds is 15. The minimum atomic E-state index is -2.61. The molecule has 0 atom stereocenters. The van der Waals surface area contributed by atoms with Gasteiger partial charge in [0, 0.05) is 196 Å². The van der Waals surface area contributed by atoms with Crippen LogP contribution in [0.5, 0.6) is 0 Å². The Balaban J connectivity index is 0.000000125. The highest BCUT2D eigenvalue weighted by atomic mass is 19.3. The summed E-state index contributed by atoms with van der Waals surface area (Å²) in [4.78, 5) is 28.3. The second kappa shape index (κ2) is 25.1. The number of aliphatic hydroxyl groups excluding tert-OH is 2. The molecule has 3 aliphatic rings. The fraction of sp³-hybridized carbons (Fsp3) is 0.273. The van der Waals surface area contributed by atoms with Crippen LogP contribution in [0.3, 0.4) is 0 Å². The van der Waals surface area contributed by atoms with Crippen molar-refractivity contribution in [3.8, 4) is 101 Å². The smallest absolute Gasteiger partial charge is 0.252 e. The number of aromatic nitrogens is 18. The number of aliphatic hydroxyl groups is 2. The SMILES string of the molecule is Cn1cc(-c2cccc(-c3ncc(-c4cnn(C)c4)c(NC4CC(F)(F)C4)n3)c2)cn1.Cn1cc(-c2cccc(-c3ncc(-c4cnn(C)c4)c(NC4CC(O)C4)n3)c2)cn1.Cn1cc(-c2cccc(-c3ncc(-c4cnn(C)c4)c(NC4CC(O)C4)n3)c2)cn1. The van der Waals surface area contributed by atoms with Crippen LogP contribution in [0.4, 0.5) is 26.2 Å². The molecule has 9 heterocycles. The molecule has 0 bridgehead atoms. The molecule has 3 saturated carbocycles. The second-order valence-electron chi connectivity index (χ2n) is 23.6. The highest BCUT2D eigenvalue weighted by Gasteiger charge is 2.45. The third kappa shape index (κ3) is 13.7. The van der Waals surface area contributed by atoms with Gasteiger partial charge in [-0.3, -0.25) is 28.1 Å². The molecule has 3 aliphatic carbocycles. The van der Waals surface area contributed by atoms with Gasteiger partial charge in [0.05, 0.1) is 49.4 Å². The minimum Gasteiger partial charge on any atom is -0.393 e. The van der Waals surface area contributed by atoms with Crippen molar-refractivity contribution in [2.75, 3.05) is 16.0 Å². The monoisotopic (exact) mass is 1220 g/mol. The van der Waals surface area contributed by atoms with Crippen LogP contribution in [0.2, 0.25) is 0 Å². The summed E-state index contributed by atoms with van der Waals surface area (Å²) in [6.07, 6.45) is 29.9. The average Bonchev–Trinajstić information content (AvgIpc) is 1.89. The molecule has 9 aromatic heterocycles. The van der Waals surface area contributed by atoms with Crippen LogP contribution in [0.25, 0.3) is 101 Å². The molecule has 15 rings (SSSR count). The molecule has 5 N–H and O–H groups in total. The lowest BCUT2D eigenvalue weighted by Gasteiger charge is -2.36. The van der Waals surface area contributed by atoms with E-state index in [9.17, 15) is 19.0 Å². The van der Waals surface area contributed by atoms with Crippen LogP contribution in [0.15, 0.2) is 166 Å². The lowest BCUT2D eigenvalue weighted by molar-refractivity contribution is -0.0794. The van der Waals surface area contributed by atoms with Crippen LogP contribution in [0, 0.1) is 0 Å². The van der Waals surface area contributed by atoms with Crippen molar-refractivity contribution in [1.82, 2.24) is 88.6 Å². The fourth-order valence-corrected chi connectivity index (χ4v) is 11.2. The first-order valence-corrected chi connectivity index (χ1v) is 29.9. The molecule has 23 nitrogen and oxygen atoms in total. The molecular formula is C66H67F2N21O2. The summed E-state index contributed by atoms with van der Waals surface area (Å²) in [6, 6.07) is 24.3. The van der Waals surface area contributed by atoms with Crippen molar-refractivity contribution in [2.45, 2.75) is 74.8 Å². The van der Waals surface area contributed by atoms with E-state index in [2.05, 4.69) is 85.8 Å². The van der Waals surface area contributed by atoms with Gasteiger partial charge in [-0.2, -0.15) is 30.6 Å². The Morgan fingerprint density at radius 3 is 0.879 bits per heavy atom. The predicted molar refractivity (Wildman–Crippen MR) is 343 cm³/mol. The molecule has 12 aromatic rings. The van der Waals surface area contributed by atoms with Gasteiger partial charge in [0.2, 0.25) is 0 Å². The highest BCUT2D eigenvalue weighted by Crippen LogP contribution is 2.41. The Hall–Kier alpha value is -10.7. The van der Waals surface area contributed by atoms with Crippen LogP contribution in [-0.2, 0) is 42.3 Å². The van der Waals surface area contributed by atoms with E-state index in [1.165, 1.54) is 0 Å². The number of halogens is 2. The average molecular weight is 1220 g/mol. The van der Waals surface area contributed by atoms with E-state index in [0.29, 0.717) is 23.3 Å². The molecule has 0 saturated heterocycles. The number of aryl methyl sites for hydroxylation is 6. The van der Waals surface area contributed by atoms with Crippen LogP contribution in [0.1, 0.15) is 38.5 Å². The summed E-state index contributed by atoms with van der Waals surface area (Å²) in [5.41, 5.74) is 14.2. The Morgan fingerprint density at radius 1 is 0.363 bits per heavy atom. The second-order valence-corrected chi connectivity index (χ2v) is 23.6. The molecule has 0 unspecified atom stereocenters. The lowest BCUT2D eigenvalue weighted by Crippen LogP contribution is -2.44. The quantitative estimate of drug-likeness (QED) is 0.0639. The van der Waals surface area contributed by atoms with E-state index >= 15 is 0 Å². The van der Waals surface area contributed by atoms with Crippen molar-refractivity contribution in [1.29, 1.82) is 0 Å². The van der Waals surface area contributed by atoms with Gasteiger partial charge in [0.25, 0.3) is 5.92 Å². The van der Waals surface area contributed by atoms with E-state index in [4.69, 9.17) is 15.0 Å². The van der Waals surface area contributed by atoms with Crippen LogP contribution in [-0.4, -0.2) is 135 Å². The summed E-state index contributed by atoms with van der Waals surface area (Å²) in [7, 11) is 11.3. The zero-order chi connectivity index (χ0) is 62.9. The summed E-state index contributed by atoms with van der Waals surface area (Å²) < 4.78 is 37.3. The first kappa shape index (κ1) is 59.3. The van der Waals surface area contributed by atoms with Gasteiger partial charge in [-0.25, -0.2) is 38.7 Å². The molecule has 0 spiro atoms. The zero-order valence-corrected chi connectivity index (χ0v) is 50.9. The number of alkyl halides is 2. The molecule has 91 heavy (non-hydrogen) atoms. The van der Waals surface area contributed by atoms with Crippen LogP contribution < -0.4 is 16.0 Å². The van der Waals surface area contributed by atoms with Crippen molar-refractivity contribution in [2.24, 2.45) is 42.3 Å². The van der Waals surface area contributed by atoms with Gasteiger partial charge in [-0.15, -0.1) is 0 Å². The molecule has 0 radical (unpaired) electrons. The first-order valence-electron chi connectivity index (χ1n) is 29.9. The highest BCUT2D eigenvalue weighted by molar-refractivity contribution is 5.80. The van der Waals surface area contributed by atoms with Gasteiger partial charge in [-0.1, -0.05) is 54.6 Å². The third-order valence-corrected chi connectivity index (χ3v) is 16.2. The standard InChI is InChI=1S/C22H21F2N7.2C22H23N7O/c1-30-12-16(9-26-30)14-4-3-5-15(6-14)20-25-11-19(17-10-27-31(2)13-17)21(29-20)28-18-7-22(23,24)8-18;2*1-28-12-16(9-24-28)14-4-3-5-15(6-14)21-23-11-20(17-10-25-29(2)13-17)22(27-21)26-18-7-19(30)8-18/h3-6,9-13,18H,7-8H2,1-2H3,(H,25,28,29);2*3-6,9-13,18-19,30H,7-8H2,1-2H3,(H,23,26,27). The number of hydrogen-bond acceptors (Lipinski definition) is 17. The zero-order valence-electron chi connectivity index (χ0n) is 50.9. The van der Waals surface area contributed by atoms with Crippen molar-refractivity contribution in [3.63, 3.8) is 0 Å². The Kier molecular flexibility index (Phi) is 16.3. The molecule has 0 amide bonds. The van der Waals surface area contributed by atoms with Gasteiger partial charge >= 0.3 is 0 Å². The van der Waals surface area contributed by atoms with E-state index < -0.39 is 5.92 Å². The van der Waals surface area contributed by atoms with E-state index in [1.54, 1.807) is 46.7 Å². The number of hydrogen-bond donors (Lipinski definition) is 5. The summed E-state index contributed by atoms with van der Waals surface area (Å²) in [6.45, 7) is 0. The largest absolute Gasteiger partial charge is 0.393 e. The van der Waals surface area contributed by atoms with Gasteiger partial charge < -0.3 is 26.2 Å². The first-order chi connectivity index (χ1) is 44.0. The maximum absolute atomic E-state index is 13.4. The van der Waals surface area contributed by atoms with Crippen molar-refractivity contribution < 1.29 is 19.0 Å². The van der Waals surface area contributed by atoms with Crippen LogP contribution >= 0.6 is 0 Å². The molecule has 462 valence electrons. The topological polar surface area (TPSA) is 261 Å². The molecule has 0 aliphatic heterocycles. The van der Waals surface area contributed by atoms with Gasteiger partial charge in [-0.05, 0) is 60.6 Å². The predicted octanol–water partition coefficient (Wildman–Crippen LogP) is 9.91. The Morgan fingerprint density at radius 2 is 0.626 bits per heavy atom. The van der Waals surface area contributed by atoms with E-state index in [1.807, 2.05) is 165 Å². The number of nitrogens with one attached hydrogen (secondary N) is 3. The number of benzene rings is 3. The summed E-state index contributed by atoms with van der Waals surface area (Å²) in [5.74, 6) is 1.26. The van der Waals surface area contributed by atoms with Gasteiger partial charge in [0.15, 0.2) is 17.5 Å². The summed E-state index contributed by atoms with van der Waals surface area (Å²) in [5, 5.41) is 55.0. The third-order valence-electron chi connectivity index (χ3n) is 16.2. The van der Waals surface area contributed by atoms with E-state index in [-0.39, 0.29) is 43.2 Å². The molecule has 3 fully saturated rings. The molecule has 25 heteroatoms. The molecule has 3 aromatic carbocycles. The molecular weight excluding hydrogens is 1160 g/mol. The minimum absolute atomic E-state index is 0.199. The maximum atomic E-state index is 13.4. The van der Waals surface area contributed by atoms with Gasteiger partial charge in [0.1, 0.15) is 17.5 Å². The summed E-state index contributed by atoms with van der Waals surface area (Å²) >= 11 is 0. The normalized spacial score (nSPS) is 17.3. The number of nitrogens with zero attached hydrogens (tertiary/aromatic N) is 18. The van der Waals surface area contributed by atoms with Crippen molar-refractivity contribution in [3.05, 3.63) is 166 Å². The van der Waals surface area contributed by atoms with E-state index in [0.717, 1.165) is 121 Å². The Labute approximate surface area is 522 Å². The number of anilines is 3. The maximum Gasteiger partial charge on any atom is 0.252 e. The Bertz CT molecular complexity index is 4330. The van der Waals surface area contributed by atoms with Crippen molar-refractivity contribution >= 4 is 17.5 Å². The lowest BCUT2D eigenvalue weighted by atomic mass is 9.88. The fourth-order valence-electron chi connectivity index (χ4n) is 11.2.